The molecule has 1 aromatic carbocycles. The fourth-order valence-corrected chi connectivity index (χ4v) is 5.11. The van der Waals surface area contributed by atoms with E-state index in [2.05, 4.69) is 46.7 Å². The zero-order valence-corrected chi connectivity index (χ0v) is 18.9. The maximum absolute atomic E-state index is 12.7. The highest BCUT2D eigenvalue weighted by atomic mass is 35.5. The van der Waals surface area contributed by atoms with E-state index in [1.807, 2.05) is 0 Å². The minimum atomic E-state index is 0. The van der Waals surface area contributed by atoms with Crippen LogP contribution in [0.5, 0.6) is 0 Å². The van der Waals surface area contributed by atoms with Crippen LogP contribution in [0.1, 0.15) is 49.3 Å². The second kappa shape index (κ2) is 11.5. The third kappa shape index (κ3) is 6.56. The minimum absolute atomic E-state index is 0. The van der Waals surface area contributed by atoms with Crippen molar-refractivity contribution in [3.63, 3.8) is 0 Å². The molecule has 164 valence electrons. The first-order chi connectivity index (χ1) is 13.2. The molecule has 3 saturated heterocycles. The van der Waals surface area contributed by atoms with Crippen molar-refractivity contribution in [1.29, 1.82) is 0 Å². The monoisotopic (exact) mass is 443 g/mol. The van der Waals surface area contributed by atoms with Gasteiger partial charge in [-0.15, -0.1) is 24.8 Å². The van der Waals surface area contributed by atoms with Crippen molar-refractivity contribution in [2.24, 2.45) is 5.92 Å². The summed E-state index contributed by atoms with van der Waals surface area (Å²) in [7, 11) is 0. The van der Waals surface area contributed by atoms with Gasteiger partial charge in [-0.3, -0.25) is 9.69 Å². The average molecular weight is 444 g/mol. The van der Waals surface area contributed by atoms with Crippen LogP contribution in [-0.4, -0.2) is 55.7 Å². The highest BCUT2D eigenvalue weighted by Crippen LogP contribution is 2.32. The lowest BCUT2D eigenvalue weighted by atomic mass is 9.89. The highest BCUT2D eigenvalue weighted by Gasteiger charge is 2.34. The van der Waals surface area contributed by atoms with E-state index in [0.29, 0.717) is 31.0 Å². The highest BCUT2D eigenvalue weighted by molar-refractivity contribution is 5.85. The van der Waals surface area contributed by atoms with Gasteiger partial charge in [-0.05, 0) is 44.1 Å². The Balaban J connectivity index is 0.00000150. The first kappa shape index (κ1) is 24.4. The summed E-state index contributed by atoms with van der Waals surface area (Å²) < 4.78 is 5.53. The molecule has 2 N–H and O–H groups in total. The number of carbonyl (C=O) groups excluding carboxylic acids is 1. The summed E-state index contributed by atoms with van der Waals surface area (Å²) in [5.41, 5.74) is 2.55. The van der Waals surface area contributed by atoms with Crippen molar-refractivity contribution >= 4 is 30.7 Å². The number of nitrogens with zero attached hydrogens (tertiary/aromatic N) is 1. The molecule has 3 aliphatic heterocycles. The van der Waals surface area contributed by atoms with E-state index in [9.17, 15) is 4.79 Å². The number of fused-ring (bicyclic) bond motifs is 2. The number of halogens is 2. The Morgan fingerprint density at radius 2 is 1.90 bits per heavy atom. The smallest absolute Gasteiger partial charge is 0.220 e. The summed E-state index contributed by atoms with van der Waals surface area (Å²) in [5.74, 6) is 0.761. The summed E-state index contributed by atoms with van der Waals surface area (Å²) in [6.07, 6.45) is 5.58. The lowest BCUT2D eigenvalue weighted by Crippen LogP contribution is -2.44. The number of benzene rings is 1. The van der Waals surface area contributed by atoms with E-state index in [0.717, 1.165) is 39.1 Å². The van der Waals surface area contributed by atoms with Gasteiger partial charge in [-0.1, -0.05) is 29.8 Å². The number of aryl methyl sites for hydroxylation is 1. The number of piperidine rings is 1. The van der Waals surface area contributed by atoms with Crippen molar-refractivity contribution in [1.82, 2.24) is 15.5 Å². The van der Waals surface area contributed by atoms with Crippen molar-refractivity contribution in [2.45, 2.75) is 57.2 Å². The van der Waals surface area contributed by atoms with Crippen molar-refractivity contribution in [2.75, 3.05) is 32.8 Å². The molecule has 0 radical (unpaired) electrons. The van der Waals surface area contributed by atoms with Crippen molar-refractivity contribution in [3.8, 4) is 0 Å². The summed E-state index contributed by atoms with van der Waals surface area (Å²) in [6, 6.07) is 10.2. The number of rotatable bonds is 6. The molecular formula is C22H35Cl2N3O2. The molecule has 0 aliphatic carbocycles. The van der Waals surface area contributed by atoms with Gasteiger partial charge in [0.1, 0.15) is 0 Å². The Morgan fingerprint density at radius 1 is 1.21 bits per heavy atom. The van der Waals surface area contributed by atoms with Gasteiger partial charge < -0.3 is 15.4 Å². The van der Waals surface area contributed by atoms with E-state index < -0.39 is 0 Å². The van der Waals surface area contributed by atoms with Crippen LogP contribution >= 0.6 is 24.8 Å². The molecule has 1 amide bonds. The molecule has 1 aromatic rings. The number of ether oxygens (including phenoxy) is 1. The Labute approximate surface area is 187 Å². The molecule has 3 atom stereocenters. The van der Waals surface area contributed by atoms with Gasteiger partial charge in [0.15, 0.2) is 0 Å². The summed E-state index contributed by atoms with van der Waals surface area (Å²) in [4.78, 5) is 15.1. The number of hydrogen-bond donors (Lipinski definition) is 2. The van der Waals surface area contributed by atoms with Gasteiger partial charge in [0, 0.05) is 38.1 Å². The zero-order valence-electron chi connectivity index (χ0n) is 17.3. The molecule has 3 heterocycles. The Morgan fingerprint density at radius 3 is 2.55 bits per heavy atom. The van der Waals surface area contributed by atoms with Crippen LogP contribution in [-0.2, 0) is 9.53 Å². The van der Waals surface area contributed by atoms with E-state index >= 15 is 0 Å². The first-order valence-corrected chi connectivity index (χ1v) is 10.6. The van der Waals surface area contributed by atoms with Crippen LogP contribution in [0, 0.1) is 12.8 Å². The molecule has 5 nitrogen and oxygen atoms in total. The molecular weight excluding hydrogens is 409 g/mol. The number of carbonyl (C=O) groups is 1. The van der Waals surface area contributed by atoms with E-state index in [4.69, 9.17) is 4.74 Å². The first-order valence-electron chi connectivity index (χ1n) is 10.6. The minimum Gasteiger partial charge on any atom is -0.379 e. The zero-order chi connectivity index (χ0) is 18.6. The molecule has 29 heavy (non-hydrogen) atoms. The van der Waals surface area contributed by atoms with Crippen LogP contribution in [0.4, 0.5) is 0 Å². The molecule has 2 bridgehead atoms. The molecule has 7 heteroatoms. The van der Waals surface area contributed by atoms with Gasteiger partial charge in [-0.2, -0.15) is 0 Å². The number of morpholine rings is 1. The normalized spacial score (nSPS) is 27.4. The van der Waals surface area contributed by atoms with Crippen LogP contribution in [0.3, 0.4) is 0 Å². The van der Waals surface area contributed by atoms with E-state index in [-0.39, 0.29) is 36.8 Å². The van der Waals surface area contributed by atoms with E-state index in [1.165, 1.54) is 24.0 Å². The largest absolute Gasteiger partial charge is 0.379 e. The third-order valence-electron chi connectivity index (χ3n) is 6.45. The summed E-state index contributed by atoms with van der Waals surface area (Å²) in [5, 5.41) is 6.92. The predicted octanol–water partition coefficient (Wildman–Crippen LogP) is 3.25. The molecule has 3 aliphatic rings. The SMILES string of the molecule is Cc1cccc(C(CNC(=O)CC2CC3CCC(C2)N3)N2CCOCC2)c1.Cl.Cl. The molecule has 0 spiro atoms. The van der Waals surface area contributed by atoms with Gasteiger partial charge in [0.25, 0.3) is 0 Å². The number of hydrogen-bond acceptors (Lipinski definition) is 4. The lowest BCUT2D eigenvalue weighted by molar-refractivity contribution is -0.122. The van der Waals surface area contributed by atoms with Crippen LogP contribution in [0.15, 0.2) is 24.3 Å². The van der Waals surface area contributed by atoms with Gasteiger partial charge >= 0.3 is 0 Å². The number of nitrogens with one attached hydrogen (secondary N) is 2. The maximum atomic E-state index is 12.7. The molecule has 3 fully saturated rings. The lowest BCUT2D eigenvalue weighted by Gasteiger charge is -2.35. The summed E-state index contributed by atoms with van der Waals surface area (Å²) in [6.45, 7) is 6.20. The standard InChI is InChI=1S/C22H33N3O2.2ClH/c1-16-3-2-4-18(11-16)21(25-7-9-27-10-8-25)15-23-22(26)14-17-12-19-5-6-20(13-17)24-19;;/h2-4,11,17,19-21,24H,5-10,12-15H2,1H3,(H,23,26);2*1H. The van der Waals surface area contributed by atoms with Crippen LogP contribution in [0.25, 0.3) is 0 Å². The number of amides is 1. The van der Waals surface area contributed by atoms with Gasteiger partial charge in [0.05, 0.1) is 19.3 Å². The third-order valence-corrected chi connectivity index (χ3v) is 6.45. The van der Waals surface area contributed by atoms with Gasteiger partial charge in [0.2, 0.25) is 5.91 Å². The van der Waals surface area contributed by atoms with Crippen molar-refractivity contribution in [3.05, 3.63) is 35.4 Å². The Kier molecular flexibility index (Phi) is 9.70. The molecule has 0 saturated carbocycles. The van der Waals surface area contributed by atoms with Crippen LogP contribution in [0.2, 0.25) is 0 Å². The van der Waals surface area contributed by atoms with Crippen LogP contribution < -0.4 is 10.6 Å². The predicted molar refractivity (Wildman–Crippen MR) is 121 cm³/mol. The molecule has 3 unspecified atom stereocenters. The van der Waals surface area contributed by atoms with E-state index in [1.54, 1.807) is 0 Å². The van der Waals surface area contributed by atoms with Gasteiger partial charge in [-0.25, -0.2) is 0 Å². The molecule has 0 aromatic heterocycles. The Hall–Kier alpha value is -0.850. The van der Waals surface area contributed by atoms with Crippen molar-refractivity contribution < 1.29 is 9.53 Å². The molecule has 4 rings (SSSR count). The average Bonchev–Trinajstić information content (AvgIpc) is 3.01. The fraction of sp³-hybridized carbons (Fsp3) is 0.682. The summed E-state index contributed by atoms with van der Waals surface area (Å²) >= 11 is 0. The topological polar surface area (TPSA) is 53.6 Å². The maximum Gasteiger partial charge on any atom is 0.220 e. The second-order valence-electron chi connectivity index (χ2n) is 8.56. The quantitative estimate of drug-likeness (QED) is 0.708. The second-order valence-corrected chi connectivity index (χ2v) is 8.56. The fourth-order valence-electron chi connectivity index (χ4n) is 5.11. The Bertz CT molecular complexity index is 643.